The number of rotatable bonds is 17. The maximum Gasteiger partial charge on any atom is 0.530 e. The summed E-state index contributed by atoms with van der Waals surface area (Å²) in [5.41, 5.74) is 6.50. The molecule has 0 radical (unpaired) electrons. The van der Waals surface area contributed by atoms with Gasteiger partial charge >= 0.3 is 13.8 Å². The Hall–Kier alpha value is -5.77. The molecule has 1 fully saturated rings. The maximum absolute atomic E-state index is 13.6. The van der Waals surface area contributed by atoms with E-state index in [1.165, 1.54) is 32.0 Å². The number of nitrogens with two attached hydrogens (primary N) is 1. The predicted molar refractivity (Wildman–Crippen MR) is 193 cm³/mol. The first-order valence-corrected chi connectivity index (χ1v) is 18.9. The van der Waals surface area contributed by atoms with Crippen molar-refractivity contribution in [3.05, 3.63) is 71.8 Å². The molecular weight excluding hydrogens is 775 g/mol. The molecule has 5 rings (SSSR count). The predicted octanol–water partition coefficient (Wildman–Crippen LogP) is -0.730. The minimum Gasteiger partial charge on any atom is -0.481 e. The van der Waals surface area contributed by atoms with Crippen molar-refractivity contribution in [1.82, 2.24) is 30.7 Å². The van der Waals surface area contributed by atoms with Crippen LogP contribution in [0.25, 0.3) is 0 Å². The second kappa shape index (κ2) is 18.4. The number of primary amides is 1. The summed E-state index contributed by atoms with van der Waals surface area (Å²) < 4.78 is 36.2. The Morgan fingerprint density at radius 3 is 2.35 bits per heavy atom. The lowest BCUT2D eigenvalue weighted by Crippen LogP contribution is -2.55. The molecule has 2 aliphatic rings. The molecule has 5 amide bonds. The van der Waals surface area contributed by atoms with Crippen LogP contribution in [0, 0.1) is 0 Å². The highest BCUT2D eigenvalue weighted by atomic mass is 31.2. The number of ether oxygens (including phenoxy) is 1. The van der Waals surface area contributed by atoms with Gasteiger partial charge in [-0.2, -0.15) is 0 Å². The number of aromatic nitrogens is 3. The van der Waals surface area contributed by atoms with Crippen LogP contribution in [0.1, 0.15) is 54.7 Å². The summed E-state index contributed by atoms with van der Waals surface area (Å²) >= 11 is 0. The molecule has 2 aliphatic heterocycles. The summed E-state index contributed by atoms with van der Waals surface area (Å²) in [7, 11) is -4.27. The molecule has 0 bridgehead atoms. The Morgan fingerprint density at radius 2 is 1.67 bits per heavy atom. The number of carbonyl (C=O) groups excluding carboxylic acids is 5. The summed E-state index contributed by atoms with van der Waals surface area (Å²) in [6.45, 7) is 1.92. The Bertz CT molecular complexity index is 2030. The van der Waals surface area contributed by atoms with Gasteiger partial charge in [-0.15, -0.1) is 5.10 Å². The minimum atomic E-state index is -4.27. The molecule has 3 aromatic rings. The van der Waals surface area contributed by atoms with Crippen molar-refractivity contribution in [2.24, 2.45) is 5.73 Å². The number of aliphatic carboxylic acids is 1. The van der Waals surface area contributed by atoms with Crippen LogP contribution in [0.2, 0.25) is 0 Å². The van der Waals surface area contributed by atoms with Gasteiger partial charge in [-0.1, -0.05) is 30.3 Å². The van der Waals surface area contributed by atoms with Crippen LogP contribution in [0.15, 0.2) is 54.9 Å². The fraction of sp³-hybridized carbons (Fsp3) is 0.412. The maximum atomic E-state index is 13.6. The van der Waals surface area contributed by atoms with Gasteiger partial charge in [0, 0.05) is 24.1 Å². The topological polar surface area (TPSA) is 322 Å². The summed E-state index contributed by atoms with van der Waals surface area (Å²) in [6, 6.07) is 9.84. The quantitative estimate of drug-likeness (QED) is 0.0779. The van der Waals surface area contributed by atoms with E-state index in [-0.39, 0.29) is 36.7 Å². The molecule has 0 spiro atoms. The fourth-order valence-corrected chi connectivity index (χ4v) is 6.79. The van der Waals surface area contributed by atoms with Crippen LogP contribution in [0.5, 0.6) is 5.75 Å². The lowest BCUT2D eigenvalue weighted by molar-refractivity contribution is -0.139. The van der Waals surface area contributed by atoms with Crippen molar-refractivity contribution in [2.75, 3.05) is 11.9 Å². The van der Waals surface area contributed by atoms with Gasteiger partial charge in [0.05, 0.1) is 19.6 Å². The molecule has 9 N–H and O–H groups in total. The zero-order valence-electron chi connectivity index (χ0n) is 30.5. The molecule has 1 aromatic heterocycles. The van der Waals surface area contributed by atoms with Gasteiger partial charge in [0.25, 0.3) is 5.91 Å². The minimum absolute atomic E-state index is 0.0667. The van der Waals surface area contributed by atoms with Gasteiger partial charge in [-0.25, -0.2) is 14.2 Å². The number of amides is 5. The summed E-state index contributed by atoms with van der Waals surface area (Å²) in [5, 5.41) is 43.7. The van der Waals surface area contributed by atoms with E-state index in [1.807, 2.05) is 0 Å². The molecular formula is C34H41N8O14P. The average molecular weight is 817 g/mol. The van der Waals surface area contributed by atoms with E-state index < -0.39 is 99.0 Å². The van der Waals surface area contributed by atoms with Crippen LogP contribution < -0.4 is 31.5 Å². The highest BCUT2D eigenvalue weighted by Crippen LogP contribution is 2.55. The Morgan fingerprint density at radius 1 is 0.965 bits per heavy atom. The van der Waals surface area contributed by atoms with Crippen LogP contribution >= 0.6 is 7.82 Å². The van der Waals surface area contributed by atoms with E-state index in [9.17, 15) is 43.5 Å². The highest BCUT2D eigenvalue weighted by molar-refractivity contribution is 7.49. The zero-order chi connectivity index (χ0) is 41.4. The Balaban J connectivity index is 1.17. The number of carboxylic acid groups (broad SMARTS) is 1. The lowest BCUT2D eigenvalue weighted by atomic mass is 10.0. The SMILES string of the molecule is CC(NC(=O)CCC(=O)O)C(=O)NC(C)C(=O)NC(Cc1ccccc1)C(=O)Nc1ccc2c(c1)COP(=O)(OCC1OC(n3cnc(C(N)=O)n3)C(O)C1O)O2. The molecule has 306 valence electrons. The summed E-state index contributed by atoms with van der Waals surface area (Å²) in [4.78, 5) is 77.1. The summed E-state index contributed by atoms with van der Waals surface area (Å²) in [5.74, 6) is -5.01. The third-order valence-corrected chi connectivity index (χ3v) is 9.98. The molecule has 23 heteroatoms. The van der Waals surface area contributed by atoms with E-state index in [4.69, 9.17) is 29.1 Å². The Kier molecular flexibility index (Phi) is 13.7. The number of aliphatic hydroxyl groups is 2. The van der Waals surface area contributed by atoms with E-state index >= 15 is 0 Å². The number of hydrogen-bond acceptors (Lipinski definition) is 15. The van der Waals surface area contributed by atoms with Gasteiger partial charge in [0.2, 0.25) is 29.5 Å². The van der Waals surface area contributed by atoms with Gasteiger partial charge in [-0.3, -0.25) is 37.8 Å². The number of aliphatic hydroxyl groups excluding tert-OH is 2. The molecule has 0 saturated carbocycles. The average Bonchev–Trinajstić information content (AvgIpc) is 3.77. The van der Waals surface area contributed by atoms with Crippen molar-refractivity contribution in [3.63, 3.8) is 0 Å². The molecule has 22 nitrogen and oxygen atoms in total. The standard InChI is InChI=1S/C34H41N8O14P/c1-17(37-25(43)10-11-26(44)45)31(49)38-18(2)32(50)40-22(12-19-6-4-3-5-7-19)33(51)39-21-8-9-23-20(13-21)14-53-57(52,56-23)54-15-24-27(46)28(47)34(55-24)42-16-36-30(41-42)29(35)48/h3-9,13,16-18,22,24,27-28,34,46-47H,10-12,14-15H2,1-2H3,(H2,35,48)(H,37,43)(H,38,49)(H,39,51)(H,40,50)(H,44,45). The highest BCUT2D eigenvalue weighted by Gasteiger charge is 2.46. The number of phosphoric acid groups is 1. The van der Waals surface area contributed by atoms with E-state index in [0.29, 0.717) is 11.1 Å². The molecule has 57 heavy (non-hydrogen) atoms. The van der Waals surface area contributed by atoms with E-state index in [1.54, 1.807) is 30.3 Å². The zero-order valence-corrected chi connectivity index (χ0v) is 31.4. The van der Waals surface area contributed by atoms with E-state index in [0.717, 1.165) is 11.0 Å². The molecule has 8 unspecified atom stereocenters. The number of nitrogens with zero attached hydrogens (tertiary/aromatic N) is 3. The normalized spacial score (nSPS) is 22.8. The third kappa shape index (κ3) is 11.2. The van der Waals surface area contributed by atoms with Crippen molar-refractivity contribution >= 4 is 49.0 Å². The molecule has 3 heterocycles. The first kappa shape index (κ1) is 42.4. The van der Waals surface area contributed by atoms with Gasteiger partial charge in [0.15, 0.2) is 6.23 Å². The summed E-state index contributed by atoms with van der Waals surface area (Å²) in [6.07, 6.45) is -5.13. The number of benzene rings is 2. The van der Waals surface area contributed by atoms with Crippen molar-refractivity contribution in [2.45, 2.75) is 82.4 Å². The molecule has 2 aromatic carbocycles. The smallest absolute Gasteiger partial charge is 0.481 e. The van der Waals surface area contributed by atoms with Crippen molar-refractivity contribution < 1.29 is 67.0 Å². The first-order chi connectivity index (χ1) is 27.0. The number of carboxylic acids is 1. The second-order valence-corrected chi connectivity index (χ2v) is 14.6. The van der Waals surface area contributed by atoms with Crippen LogP contribution in [0.4, 0.5) is 5.69 Å². The molecule has 0 aliphatic carbocycles. The lowest BCUT2D eigenvalue weighted by Gasteiger charge is -2.26. The number of phosphoric ester groups is 1. The number of hydrogen-bond donors (Lipinski definition) is 8. The molecule has 1 saturated heterocycles. The van der Waals surface area contributed by atoms with Gasteiger partial charge in [0.1, 0.15) is 48.5 Å². The number of fused-ring (bicyclic) bond motifs is 1. The molecule has 8 atom stereocenters. The van der Waals surface area contributed by atoms with Crippen LogP contribution in [-0.2, 0) is 55.3 Å². The Labute approximate surface area is 324 Å². The number of carbonyl (C=O) groups is 6. The van der Waals surface area contributed by atoms with Gasteiger partial charge < -0.3 is 51.6 Å². The number of nitrogens with one attached hydrogen (secondary N) is 4. The number of anilines is 1. The van der Waals surface area contributed by atoms with Crippen LogP contribution in [-0.4, -0.2) is 109 Å². The van der Waals surface area contributed by atoms with Crippen molar-refractivity contribution in [1.29, 1.82) is 0 Å². The first-order valence-electron chi connectivity index (χ1n) is 17.4. The fourth-order valence-electron chi connectivity index (χ4n) is 5.57. The van der Waals surface area contributed by atoms with Gasteiger partial charge in [-0.05, 0) is 37.6 Å². The van der Waals surface area contributed by atoms with E-state index in [2.05, 4.69) is 31.3 Å². The van der Waals surface area contributed by atoms with Crippen molar-refractivity contribution in [3.8, 4) is 5.75 Å². The largest absolute Gasteiger partial charge is 0.530 e. The van der Waals surface area contributed by atoms with Crippen LogP contribution in [0.3, 0.4) is 0 Å². The monoisotopic (exact) mass is 816 g/mol. The third-order valence-electron chi connectivity index (χ3n) is 8.64. The second-order valence-electron chi connectivity index (χ2n) is 13.0.